The maximum atomic E-state index is 5.27. The van der Waals surface area contributed by atoms with Crippen LogP contribution in [-0.2, 0) is 0 Å². The molecule has 2 aromatic heterocycles. The number of nitrogens with zero attached hydrogens (tertiary/aromatic N) is 2. The fourth-order valence-electron chi connectivity index (χ4n) is 1.48. The SMILES string of the molecule is CCCNc1nc(-c2ccoc2C)ncc1I. The number of anilines is 1. The first-order valence-electron chi connectivity index (χ1n) is 5.53. The van der Waals surface area contributed by atoms with Crippen LogP contribution in [0.25, 0.3) is 11.4 Å². The van der Waals surface area contributed by atoms with Gasteiger partial charge in [0.1, 0.15) is 11.6 Å². The molecule has 17 heavy (non-hydrogen) atoms. The van der Waals surface area contributed by atoms with Crippen LogP contribution in [0.4, 0.5) is 5.82 Å². The van der Waals surface area contributed by atoms with Crippen LogP contribution in [0.2, 0.25) is 0 Å². The van der Waals surface area contributed by atoms with Gasteiger partial charge in [0.25, 0.3) is 0 Å². The van der Waals surface area contributed by atoms with Gasteiger partial charge in [0.05, 0.1) is 15.4 Å². The van der Waals surface area contributed by atoms with E-state index in [4.69, 9.17) is 4.42 Å². The Hall–Kier alpha value is -1.11. The van der Waals surface area contributed by atoms with Crippen molar-refractivity contribution in [2.24, 2.45) is 0 Å². The Morgan fingerprint density at radius 3 is 2.94 bits per heavy atom. The van der Waals surface area contributed by atoms with Crippen LogP contribution >= 0.6 is 22.6 Å². The van der Waals surface area contributed by atoms with E-state index in [1.165, 1.54) is 0 Å². The molecule has 0 bridgehead atoms. The number of hydrogen-bond donors (Lipinski definition) is 1. The minimum absolute atomic E-state index is 0.704. The van der Waals surface area contributed by atoms with Crippen molar-refractivity contribution in [3.05, 3.63) is 27.9 Å². The third-order valence-electron chi connectivity index (χ3n) is 2.39. The first-order chi connectivity index (χ1) is 8.22. The third kappa shape index (κ3) is 2.77. The molecule has 2 heterocycles. The Labute approximate surface area is 114 Å². The summed E-state index contributed by atoms with van der Waals surface area (Å²) in [5.74, 6) is 2.43. The summed E-state index contributed by atoms with van der Waals surface area (Å²) in [6, 6.07) is 1.89. The van der Waals surface area contributed by atoms with Crippen molar-refractivity contribution in [2.45, 2.75) is 20.3 Å². The molecule has 0 saturated heterocycles. The maximum absolute atomic E-state index is 5.27. The molecule has 0 atom stereocenters. The van der Waals surface area contributed by atoms with Crippen molar-refractivity contribution in [1.29, 1.82) is 0 Å². The van der Waals surface area contributed by atoms with Crippen LogP contribution in [-0.4, -0.2) is 16.5 Å². The molecule has 0 aliphatic carbocycles. The maximum Gasteiger partial charge on any atom is 0.165 e. The molecule has 0 unspecified atom stereocenters. The normalized spacial score (nSPS) is 10.5. The van der Waals surface area contributed by atoms with E-state index in [1.807, 2.05) is 19.2 Å². The van der Waals surface area contributed by atoms with Crippen LogP contribution in [0.1, 0.15) is 19.1 Å². The monoisotopic (exact) mass is 343 g/mol. The van der Waals surface area contributed by atoms with Gasteiger partial charge in [0.15, 0.2) is 5.82 Å². The average molecular weight is 343 g/mol. The summed E-state index contributed by atoms with van der Waals surface area (Å²) in [6.07, 6.45) is 4.55. The van der Waals surface area contributed by atoms with Crippen LogP contribution in [0.5, 0.6) is 0 Å². The van der Waals surface area contributed by atoms with Crippen LogP contribution in [0.15, 0.2) is 22.9 Å². The predicted molar refractivity (Wildman–Crippen MR) is 76.0 cm³/mol. The molecule has 0 fully saturated rings. The topological polar surface area (TPSA) is 51.0 Å². The molecule has 0 radical (unpaired) electrons. The molecule has 0 aliphatic heterocycles. The summed E-state index contributed by atoms with van der Waals surface area (Å²) >= 11 is 2.23. The van der Waals surface area contributed by atoms with Gasteiger partial charge in [-0.1, -0.05) is 6.92 Å². The Bertz CT molecular complexity index is 510. The number of halogens is 1. The van der Waals surface area contributed by atoms with Crippen molar-refractivity contribution in [2.75, 3.05) is 11.9 Å². The van der Waals surface area contributed by atoms with Crippen molar-refractivity contribution in [3.63, 3.8) is 0 Å². The Morgan fingerprint density at radius 1 is 1.47 bits per heavy atom. The zero-order valence-electron chi connectivity index (χ0n) is 9.83. The Kier molecular flexibility index (Phi) is 3.98. The minimum atomic E-state index is 0.704. The van der Waals surface area contributed by atoms with Gasteiger partial charge in [-0.25, -0.2) is 9.97 Å². The van der Waals surface area contributed by atoms with E-state index >= 15 is 0 Å². The van der Waals surface area contributed by atoms with Gasteiger partial charge in [-0.05, 0) is 42.0 Å². The van der Waals surface area contributed by atoms with Crippen molar-refractivity contribution in [3.8, 4) is 11.4 Å². The van der Waals surface area contributed by atoms with Crippen LogP contribution in [0.3, 0.4) is 0 Å². The molecule has 0 aliphatic rings. The quantitative estimate of drug-likeness (QED) is 0.864. The third-order valence-corrected chi connectivity index (χ3v) is 3.18. The summed E-state index contributed by atoms with van der Waals surface area (Å²) in [6.45, 7) is 4.95. The summed E-state index contributed by atoms with van der Waals surface area (Å²) < 4.78 is 6.30. The second-order valence-electron chi connectivity index (χ2n) is 3.71. The summed E-state index contributed by atoms with van der Waals surface area (Å²) in [5.41, 5.74) is 0.945. The van der Waals surface area contributed by atoms with Crippen LogP contribution in [0, 0.1) is 10.5 Å². The number of hydrogen-bond acceptors (Lipinski definition) is 4. The summed E-state index contributed by atoms with van der Waals surface area (Å²) in [4.78, 5) is 8.86. The van der Waals surface area contributed by atoms with Crippen molar-refractivity contribution < 1.29 is 4.42 Å². The van der Waals surface area contributed by atoms with Gasteiger partial charge >= 0.3 is 0 Å². The highest BCUT2D eigenvalue weighted by Crippen LogP contribution is 2.23. The molecule has 5 heteroatoms. The number of nitrogens with one attached hydrogen (secondary N) is 1. The van der Waals surface area contributed by atoms with Gasteiger partial charge in [0, 0.05) is 12.7 Å². The second-order valence-corrected chi connectivity index (χ2v) is 4.87. The molecule has 2 aromatic rings. The lowest BCUT2D eigenvalue weighted by Gasteiger charge is -2.07. The molecular formula is C12H14IN3O. The standard InChI is InChI=1S/C12H14IN3O/c1-3-5-14-12-10(13)7-15-11(16-12)9-4-6-17-8(9)2/h4,6-7H,3,5H2,1-2H3,(H,14,15,16). The van der Waals surface area contributed by atoms with E-state index in [1.54, 1.807) is 6.26 Å². The Morgan fingerprint density at radius 2 is 2.29 bits per heavy atom. The number of furan rings is 1. The molecule has 0 saturated carbocycles. The van der Waals surface area contributed by atoms with E-state index in [9.17, 15) is 0 Å². The van der Waals surface area contributed by atoms with E-state index in [-0.39, 0.29) is 0 Å². The lowest BCUT2D eigenvalue weighted by Crippen LogP contribution is -2.05. The fraction of sp³-hybridized carbons (Fsp3) is 0.333. The molecule has 90 valence electrons. The molecule has 0 aromatic carbocycles. The van der Waals surface area contributed by atoms with Crippen molar-refractivity contribution >= 4 is 28.4 Å². The average Bonchev–Trinajstić information content (AvgIpc) is 2.75. The van der Waals surface area contributed by atoms with Gasteiger partial charge in [-0.3, -0.25) is 0 Å². The van der Waals surface area contributed by atoms with E-state index in [2.05, 4.69) is 44.8 Å². The Balaban J connectivity index is 2.34. The number of aromatic nitrogens is 2. The molecule has 1 N–H and O–H groups in total. The lowest BCUT2D eigenvalue weighted by molar-refractivity contribution is 0.535. The van der Waals surface area contributed by atoms with Gasteiger partial charge in [-0.2, -0.15) is 0 Å². The largest absolute Gasteiger partial charge is 0.469 e. The van der Waals surface area contributed by atoms with E-state index in [0.717, 1.165) is 33.7 Å². The van der Waals surface area contributed by atoms with Crippen LogP contribution < -0.4 is 5.32 Å². The molecule has 0 amide bonds. The number of rotatable bonds is 4. The second kappa shape index (κ2) is 5.48. The highest BCUT2D eigenvalue weighted by Gasteiger charge is 2.10. The summed E-state index contributed by atoms with van der Waals surface area (Å²) in [7, 11) is 0. The number of aryl methyl sites for hydroxylation is 1. The molecule has 0 spiro atoms. The highest BCUT2D eigenvalue weighted by atomic mass is 127. The minimum Gasteiger partial charge on any atom is -0.469 e. The predicted octanol–water partition coefficient (Wildman–Crippen LogP) is 3.47. The molecule has 4 nitrogen and oxygen atoms in total. The van der Waals surface area contributed by atoms with E-state index < -0.39 is 0 Å². The molecular weight excluding hydrogens is 329 g/mol. The zero-order chi connectivity index (χ0) is 12.3. The summed E-state index contributed by atoms with van der Waals surface area (Å²) in [5, 5.41) is 3.30. The lowest BCUT2D eigenvalue weighted by atomic mass is 10.2. The zero-order valence-corrected chi connectivity index (χ0v) is 12.0. The first kappa shape index (κ1) is 12.3. The van der Waals surface area contributed by atoms with Crippen molar-refractivity contribution in [1.82, 2.24) is 9.97 Å². The first-order valence-corrected chi connectivity index (χ1v) is 6.61. The van der Waals surface area contributed by atoms with Gasteiger partial charge < -0.3 is 9.73 Å². The fourth-order valence-corrected chi connectivity index (χ4v) is 1.93. The smallest absolute Gasteiger partial charge is 0.165 e. The molecule has 2 rings (SSSR count). The van der Waals surface area contributed by atoms with E-state index in [0.29, 0.717) is 5.82 Å². The highest BCUT2D eigenvalue weighted by molar-refractivity contribution is 14.1. The van der Waals surface area contributed by atoms with Gasteiger partial charge in [-0.15, -0.1) is 0 Å². The van der Waals surface area contributed by atoms with Gasteiger partial charge in [0.2, 0.25) is 0 Å².